The Hall–Kier alpha value is -1.95. The number of hydrogen-bond acceptors (Lipinski definition) is 4. The fraction of sp³-hybridized carbons (Fsp3) is 0.720. The Balaban J connectivity index is 1.74. The number of aliphatic hydroxyl groups excluding tert-OH is 1. The number of nitrogens with one attached hydrogen (secondary N) is 2. The van der Waals surface area contributed by atoms with E-state index in [1.54, 1.807) is 18.3 Å². The first-order valence-corrected chi connectivity index (χ1v) is 11.6. The van der Waals surface area contributed by atoms with E-state index in [2.05, 4.69) is 29.5 Å². The normalized spacial score (nSPS) is 34.4. The number of aliphatic hydroxyl groups is 1. The SMILES string of the molecule is C[C@H]1[C@@H]2[C@@H](O)C([C@H](C)C(=O)NC(C)(C)C)CC[C@@]2(C)CC[C@@H]1NC(=O)c1ccccn1. The summed E-state index contributed by atoms with van der Waals surface area (Å²) in [6.07, 6.45) is 4.76. The fourth-order valence-electron chi connectivity index (χ4n) is 5.91. The quantitative estimate of drug-likeness (QED) is 0.683. The van der Waals surface area contributed by atoms with Crippen LogP contribution in [-0.4, -0.2) is 39.6 Å². The van der Waals surface area contributed by atoms with Crippen LogP contribution in [0.3, 0.4) is 0 Å². The van der Waals surface area contributed by atoms with Gasteiger partial charge >= 0.3 is 0 Å². The van der Waals surface area contributed by atoms with Gasteiger partial charge in [0.25, 0.3) is 5.91 Å². The maximum Gasteiger partial charge on any atom is 0.270 e. The smallest absolute Gasteiger partial charge is 0.270 e. The molecular weight excluding hydrogens is 390 g/mol. The second kappa shape index (κ2) is 8.89. The number of rotatable bonds is 4. The van der Waals surface area contributed by atoms with Crippen molar-refractivity contribution in [2.45, 2.75) is 84.9 Å². The van der Waals surface area contributed by atoms with E-state index in [9.17, 15) is 14.7 Å². The molecule has 1 aromatic heterocycles. The number of fused-ring (bicyclic) bond motifs is 1. The second-order valence-corrected chi connectivity index (χ2v) is 11.1. The van der Waals surface area contributed by atoms with Gasteiger partial charge in [-0.1, -0.05) is 26.8 Å². The minimum Gasteiger partial charge on any atom is -0.392 e. The first-order valence-electron chi connectivity index (χ1n) is 11.6. The van der Waals surface area contributed by atoms with Gasteiger partial charge in [-0.05, 0) is 81.8 Å². The number of pyridine rings is 1. The van der Waals surface area contributed by atoms with Crippen molar-refractivity contribution in [2.24, 2.45) is 29.1 Å². The topological polar surface area (TPSA) is 91.3 Å². The Morgan fingerprint density at radius 3 is 2.52 bits per heavy atom. The summed E-state index contributed by atoms with van der Waals surface area (Å²) >= 11 is 0. The molecule has 0 radical (unpaired) electrons. The summed E-state index contributed by atoms with van der Waals surface area (Å²) in [5, 5.41) is 17.7. The molecule has 1 heterocycles. The summed E-state index contributed by atoms with van der Waals surface area (Å²) in [7, 11) is 0. The van der Waals surface area contributed by atoms with Crippen LogP contribution in [0.2, 0.25) is 0 Å². The molecule has 6 nitrogen and oxygen atoms in total. The fourth-order valence-corrected chi connectivity index (χ4v) is 5.91. The van der Waals surface area contributed by atoms with Crippen LogP contribution in [0, 0.1) is 29.1 Å². The molecule has 1 aromatic rings. The third-order valence-corrected chi connectivity index (χ3v) is 7.66. The highest BCUT2D eigenvalue weighted by atomic mass is 16.3. The molecule has 3 N–H and O–H groups in total. The number of aromatic nitrogens is 1. The van der Waals surface area contributed by atoms with Crippen molar-refractivity contribution >= 4 is 11.8 Å². The second-order valence-electron chi connectivity index (χ2n) is 11.1. The maximum atomic E-state index is 12.8. The summed E-state index contributed by atoms with van der Waals surface area (Å²) in [6.45, 7) is 12.3. The van der Waals surface area contributed by atoms with Crippen molar-refractivity contribution < 1.29 is 14.7 Å². The highest BCUT2D eigenvalue weighted by molar-refractivity contribution is 5.92. The number of nitrogens with zero attached hydrogens (tertiary/aromatic N) is 1. The lowest BCUT2D eigenvalue weighted by Gasteiger charge is -2.56. The first kappa shape index (κ1) is 23.7. The predicted molar refractivity (Wildman–Crippen MR) is 121 cm³/mol. The molecule has 172 valence electrons. The van der Waals surface area contributed by atoms with Crippen molar-refractivity contribution in [1.82, 2.24) is 15.6 Å². The molecule has 0 aliphatic heterocycles. The molecule has 3 rings (SSSR count). The average molecular weight is 430 g/mol. The van der Waals surface area contributed by atoms with Crippen LogP contribution in [0.25, 0.3) is 0 Å². The molecule has 2 amide bonds. The van der Waals surface area contributed by atoms with Crippen LogP contribution in [0.4, 0.5) is 0 Å². The minimum atomic E-state index is -0.566. The Bertz CT molecular complexity index is 791. The highest BCUT2D eigenvalue weighted by Gasteiger charge is 2.54. The molecule has 0 aromatic carbocycles. The van der Waals surface area contributed by atoms with Gasteiger partial charge < -0.3 is 15.7 Å². The predicted octanol–water partition coefficient (Wildman–Crippen LogP) is 3.55. The molecule has 0 spiro atoms. The Kier molecular flexibility index (Phi) is 6.80. The molecule has 6 heteroatoms. The lowest BCUT2D eigenvalue weighted by atomic mass is 9.51. The van der Waals surface area contributed by atoms with E-state index >= 15 is 0 Å². The molecule has 2 aliphatic rings. The van der Waals surface area contributed by atoms with E-state index in [4.69, 9.17) is 0 Å². The van der Waals surface area contributed by atoms with Gasteiger partial charge in [0.05, 0.1) is 6.10 Å². The van der Waals surface area contributed by atoms with E-state index in [0.29, 0.717) is 5.69 Å². The third kappa shape index (κ3) is 5.11. The molecule has 2 aliphatic carbocycles. The maximum absolute atomic E-state index is 12.8. The molecule has 0 bridgehead atoms. The van der Waals surface area contributed by atoms with Gasteiger partial charge in [-0.3, -0.25) is 14.6 Å². The summed E-state index contributed by atoms with van der Waals surface area (Å²) in [6, 6.07) is 5.30. The van der Waals surface area contributed by atoms with Gasteiger partial charge in [-0.2, -0.15) is 0 Å². The van der Waals surface area contributed by atoms with Gasteiger partial charge in [0.2, 0.25) is 5.91 Å². The van der Waals surface area contributed by atoms with E-state index in [1.165, 1.54) is 0 Å². The molecule has 31 heavy (non-hydrogen) atoms. The Labute approximate surface area is 186 Å². The van der Waals surface area contributed by atoms with E-state index in [1.807, 2.05) is 33.8 Å². The molecule has 7 atom stereocenters. The number of amides is 2. The van der Waals surface area contributed by atoms with Crippen molar-refractivity contribution in [3.63, 3.8) is 0 Å². The zero-order chi connectivity index (χ0) is 23.0. The number of carbonyl (C=O) groups excluding carboxylic acids is 2. The monoisotopic (exact) mass is 429 g/mol. The van der Waals surface area contributed by atoms with Crippen LogP contribution >= 0.6 is 0 Å². The summed E-state index contributed by atoms with van der Waals surface area (Å²) in [5.74, 6) is -0.340. The molecular formula is C25H39N3O3. The third-order valence-electron chi connectivity index (χ3n) is 7.66. The van der Waals surface area contributed by atoms with Crippen molar-refractivity contribution in [2.75, 3.05) is 0 Å². The van der Waals surface area contributed by atoms with Crippen molar-refractivity contribution in [3.8, 4) is 0 Å². The van der Waals surface area contributed by atoms with Crippen LogP contribution in [0.5, 0.6) is 0 Å². The number of carbonyl (C=O) groups is 2. The lowest BCUT2D eigenvalue weighted by molar-refractivity contribution is -0.143. The largest absolute Gasteiger partial charge is 0.392 e. The zero-order valence-corrected chi connectivity index (χ0v) is 19.8. The van der Waals surface area contributed by atoms with E-state index in [-0.39, 0.29) is 52.5 Å². The Morgan fingerprint density at radius 1 is 1.23 bits per heavy atom. The lowest BCUT2D eigenvalue weighted by Crippen LogP contribution is -2.59. The molecule has 2 saturated carbocycles. The van der Waals surface area contributed by atoms with Gasteiger partial charge in [-0.15, -0.1) is 0 Å². The van der Waals surface area contributed by atoms with Gasteiger partial charge in [0.15, 0.2) is 0 Å². The molecule has 2 fully saturated rings. The molecule has 0 saturated heterocycles. The van der Waals surface area contributed by atoms with Crippen molar-refractivity contribution in [3.05, 3.63) is 30.1 Å². The molecule has 1 unspecified atom stereocenters. The minimum absolute atomic E-state index is 0.00335. The van der Waals surface area contributed by atoms with Gasteiger partial charge in [0.1, 0.15) is 5.69 Å². The first-order chi connectivity index (χ1) is 14.4. The zero-order valence-electron chi connectivity index (χ0n) is 19.8. The summed E-state index contributed by atoms with van der Waals surface area (Å²) in [5.41, 5.74) is 0.151. The highest BCUT2D eigenvalue weighted by Crippen LogP contribution is 2.55. The van der Waals surface area contributed by atoms with E-state index < -0.39 is 6.10 Å². The Morgan fingerprint density at radius 2 is 1.90 bits per heavy atom. The van der Waals surface area contributed by atoms with Gasteiger partial charge in [0, 0.05) is 23.7 Å². The van der Waals surface area contributed by atoms with Crippen LogP contribution < -0.4 is 10.6 Å². The van der Waals surface area contributed by atoms with Gasteiger partial charge in [-0.25, -0.2) is 0 Å². The van der Waals surface area contributed by atoms with Crippen LogP contribution in [-0.2, 0) is 4.79 Å². The van der Waals surface area contributed by atoms with Crippen LogP contribution in [0.1, 0.15) is 77.7 Å². The average Bonchev–Trinajstić information content (AvgIpc) is 2.69. The summed E-state index contributed by atoms with van der Waals surface area (Å²) < 4.78 is 0. The number of hydrogen-bond donors (Lipinski definition) is 3. The standard InChI is InChI=1S/C25H39N3O3/c1-15(22(30)28-24(3,4)5)17-10-12-25(6)13-11-18(16(2)20(25)21(17)29)27-23(31)19-9-7-8-14-26-19/h7-9,14-18,20-21,29H,10-13H2,1-6H3,(H,27,31)(H,28,30)/t15-,16+,17?,18-,20+,21-,25-/m0/s1. The van der Waals surface area contributed by atoms with Crippen LogP contribution in [0.15, 0.2) is 24.4 Å². The summed E-state index contributed by atoms with van der Waals surface area (Å²) in [4.78, 5) is 29.6. The van der Waals surface area contributed by atoms with Crippen molar-refractivity contribution in [1.29, 1.82) is 0 Å². The van der Waals surface area contributed by atoms with E-state index in [0.717, 1.165) is 25.7 Å².